The lowest BCUT2D eigenvalue weighted by atomic mass is 9.90. The molecule has 0 rings (SSSR count). The number of hydrogen-bond donors (Lipinski definition) is 0. The molecule has 0 N–H and O–H groups in total. The van der Waals surface area contributed by atoms with E-state index < -0.39 is 0 Å². The third-order valence-electron chi connectivity index (χ3n) is 2.75. The molecule has 0 nitrogen and oxygen atoms in total. The Morgan fingerprint density at radius 1 is 1.25 bits per heavy atom. The molecule has 2 unspecified atom stereocenters. The lowest BCUT2D eigenvalue weighted by molar-refractivity contribution is 0.421. The van der Waals surface area contributed by atoms with Gasteiger partial charge in [-0.2, -0.15) is 0 Å². The topological polar surface area (TPSA) is 0 Å². The van der Waals surface area contributed by atoms with E-state index >= 15 is 0 Å². The van der Waals surface area contributed by atoms with Gasteiger partial charge in [-0.1, -0.05) is 52.2 Å². The van der Waals surface area contributed by atoms with Gasteiger partial charge in [-0.25, -0.2) is 0 Å². The van der Waals surface area contributed by atoms with E-state index in [2.05, 4.69) is 40.7 Å². The Bertz CT molecular complexity index is 133. The van der Waals surface area contributed by atoms with Gasteiger partial charge in [0, 0.05) is 0 Å². The van der Waals surface area contributed by atoms with Crippen LogP contribution in [-0.2, 0) is 0 Å². The largest absolute Gasteiger partial charge is 0.0825 e. The van der Waals surface area contributed by atoms with Crippen molar-refractivity contribution in [3.63, 3.8) is 0 Å². The molecule has 12 heavy (non-hydrogen) atoms. The van der Waals surface area contributed by atoms with E-state index in [0.717, 1.165) is 11.8 Å². The van der Waals surface area contributed by atoms with Crippen molar-refractivity contribution in [1.82, 2.24) is 0 Å². The summed E-state index contributed by atoms with van der Waals surface area (Å²) in [5.74, 6) is 1.60. The van der Waals surface area contributed by atoms with E-state index in [1.807, 2.05) is 0 Å². The Morgan fingerprint density at radius 2 is 1.83 bits per heavy atom. The zero-order valence-electron chi connectivity index (χ0n) is 9.35. The van der Waals surface area contributed by atoms with Gasteiger partial charge in [-0.3, -0.25) is 0 Å². The number of rotatable bonds is 5. The average Bonchev–Trinajstić information content (AvgIpc) is 2.04. The van der Waals surface area contributed by atoms with Crippen molar-refractivity contribution in [2.24, 2.45) is 11.8 Å². The summed E-state index contributed by atoms with van der Waals surface area (Å²) in [5, 5.41) is 0. The van der Waals surface area contributed by atoms with Crippen LogP contribution in [-0.4, -0.2) is 0 Å². The molecule has 0 aliphatic carbocycles. The standard InChI is InChI=1S/C12H24/c1-6-8-11(4)12(5)9-10(3)7-2/h9,11-12H,6-8H2,1-5H3/b10-9+. The van der Waals surface area contributed by atoms with Gasteiger partial charge in [0.25, 0.3) is 0 Å². The van der Waals surface area contributed by atoms with Crippen LogP contribution in [0.2, 0.25) is 0 Å². The average molecular weight is 168 g/mol. The van der Waals surface area contributed by atoms with Crippen LogP contribution >= 0.6 is 0 Å². The van der Waals surface area contributed by atoms with Crippen LogP contribution in [0, 0.1) is 11.8 Å². The SMILES string of the molecule is CCCC(C)C(C)/C=C(\C)CC. The Labute approximate surface area is 78.1 Å². The lowest BCUT2D eigenvalue weighted by Crippen LogP contribution is -2.05. The minimum atomic E-state index is 0.755. The second-order valence-corrected chi connectivity index (χ2v) is 3.99. The Kier molecular flexibility index (Phi) is 6.14. The minimum absolute atomic E-state index is 0.755. The summed E-state index contributed by atoms with van der Waals surface area (Å²) in [6, 6.07) is 0. The second-order valence-electron chi connectivity index (χ2n) is 3.99. The predicted octanol–water partition coefficient (Wildman–Crippen LogP) is 4.42. The first kappa shape index (κ1) is 11.7. The maximum Gasteiger partial charge on any atom is -0.0234 e. The smallest absolute Gasteiger partial charge is 0.0234 e. The number of hydrogen-bond acceptors (Lipinski definition) is 0. The Balaban J connectivity index is 3.92. The van der Waals surface area contributed by atoms with E-state index in [9.17, 15) is 0 Å². The fourth-order valence-electron chi connectivity index (χ4n) is 1.45. The van der Waals surface area contributed by atoms with E-state index in [0.29, 0.717) is 0 Å². The molecule has 0 heteroatoms. The van der Waals surface area contributed by atoms with Crippen LogP contribution in [0.1, 0.15) is 53.9 Å². The van der Waals surface area contributed by atoms with E-state index in [1.54, 1.807) is 0 Å². The highest BCUT2D eigenvalue weighted by molar-refractivity contribution is 5.00. The van der Waals surface area contributed by atoms with Gasteiger partial charge in [-0.15, -0.1) is 0 Å². The molecule has 0 heterocycles. The van der Waals surface area contributed by atoms with Crippen molar-refractivity contribution in [3.05, 3.63) is 11.6 Å². The molecular formula is C12H24. The molecule has 0 aromatic rings. The molecule has 0 amide bonds. The molecule has 2 atom stereocenters. The third-order valence-corrected chi connectivity index (χ3v) is 2.75. The Hall–Kier alpha value is -0.260. The summed E-state index contributed by atoms with van der Waals surface area (Å²) < 4.78 is 0. The highest BCUT2D eigenvalue weighted by Crippen LogP contribution is 2.19. The van der Waals surface area contributed by atoms with Crippen molar-refractivity contribution < 1.29 is 0 Å². The van der Waals surface area contributed by atoms with Gasteiger partial charge >= 0.3 is 0 Å². The van der Waals surface area contributed by atoms with Crippen molar-refractivity contribution in [3.8, 4) is 0 Å². The first-order valence-electron chi connectivity index (χ1n) is 5.29. The van der Waals surface area contributed by atoms with Gasteiger partial charge in [0.1, 0.15) is 0 Å². The normalized spacial score (nSPS) is 17.6. The van der Waals surface area contributed by atoms with E-state index in [-0.39, 0.29) is 0 Å². The summed E-state index contributed by atoms with van der Waals surface area (Å²) in [6.07, 6.45) is 6.29. The molecule has 0 aliphatic heterocycles. The Morgan fingerprint density at radius 3 is 2.25 bits per heavy atom. The first-order chi connectivity index (χ1) is 5.61. The van der Waals surface area contributed by atoms with Crippen LogP contribution < -0.4 is 0 Å². The summed E-state index contributed by atoms with van der Waals surface area (Å²) in [7, 11) is 0. The minimum Gasteiger partial charge on any atom is -0.0825 e. The van der Waals surface area contributed by atoms with Gasteiger partial charge in [-0.05, 0) is 25.2 Å². The lowest BCUT2D eigenvalue weighted by Gasteiger charge is -2.16. The van der Waals surface area contributed by atoms with Crippen LogP contribution in [0.5, 0.6) is 0 Å². The predicted molar refractivity (Wildman–Crippen MR) is 57.3 cm³/mol. The quantitative estimate of drug-likeness (QED) is 0.533. The molecule has 72 valence electrons. The van der Waals surface area contributed by atoms with E-state index in [1.165, 1.54) is 24.8 Å². The van der Waals surface area contributed by atoms with Crippen molar-refractivity contribution in [1.29, 1.82) is 0 Å². The van der Waals surface area contributed by atoms with Crippen LogP contribution in [0.3, 0.4) is 0 Å². The third kappa shape index (κ3) is 4.58. The molecule has 0 saturated carbocycles. The maximum absolute atomic E-state index is 2.43. The van der Waals surface area contributed by atoms with Gasteiger partial charge in [0.05, 0.1) is 0 Å². The maximum atomic E-state index is 2.43. The zero-order valence-corrected chi connectivity index (χ0v) is 9.35. The molecule has 0 radical (unpaired) electrons. The summed E-state index contributed by atoms with van der Waals surface area (Å²) >= 11 is 0. The second kappa shape index (κ2) is 6.28. The van der Waals surface area contributed by atoms with E-state index in [4.69, 9.17) is 0 Å². The summed E-state index contributed by atoms with van der Waals surface area (Å²) in [6.45, 7) is 11.4. The highest BCUT2D eigenvalue weighted by atomic mass is 14.1. The molecule has 0 spiro atoms. The monoisotopic (exact) mass is 168 g/mol. The molecule has 0 aromatic heterocycles. The van der Waals surface area contributed by atoms with Crippen molar-refractivity contribution >= 4 is 0 Å². The first-order valence-corrected chi connectivity index (χ1v) is 5.29. The van der Waals surface area contributed by atoms with Gasteiger partial charge in [0.15, 0.2) is 0 Å². The van der Waals surface area contributed by atoms with Gasteiger partial charge < -0.3 is 0 Å². The van der Waals surface area contributed by atoms with Crippen molar-refractivity contribution in [2.45, 2.75) is 53.9 Å². The van der Waals surface area contributed by atoms with Gasteiger partial charge in [0.2, 0.25) is 0 Å². The molecule has 0 aromatic carbocycles. The zero-order chi connectivity index (χ0) is 9.56. The molecule has 0 bridgehead atoms. The fraction of sp³-hybridized carbons (Fsp3) is 0.833. The van der Waals surface area contributed by atoms with Crippen LogP contribution in [0.15, 0.2) is 11.6 Å². The molecule has 0 fully saturated rings. The number of allylic oxidation sites excluding steroid dienone is 2. The highest BCUT2D eigenvalue weighted by Gasteiger charge is 2.07. The van der Waals surface area contributed by atoms with Crippen LogP contribution in [0.25, 0.3) is 0 Å². The van der Waals surface area contributed by atoms with Crippen LogP contribution in [0.4, 0.5) is 0 Å². The van der Waals surface area contributed by atoms with Crippen molar-refractivity contribution in [2.75, 3.05) is 0 Å². The fourth-order valence-corrected chi connectivity index (χ4v) is 1.45. The summed E-state index contributed by atoms with van der Waals surface area (Å²) in [4.78, 5) is 0. The summed E-state index contributed by atoms with van der Waals surface area (Å²) in [5.41, 5.74) is 1.53. The molecule has 0 saturated heterocycles. The molecular weight excluding hydrogens is 144 g/mol. The molecule has 0 aliphatic rings.